The number of aromatic carboxylic acids is 1. The lowest BCUT2D eigenvalue weighted by Gasteiger charge is -2.04. The number of hydrogen-bond donors (Lipinski definition) is 1. The van der Waals surface area contributed by atoms with Crippen molar-refractivity contribution in [1.82, 2.24) is 5.16 Å². The van der Waals surface area contributed by atoms with Gasteiger partial charge in [-0.1, -0.05) is 22.9 Å². The van der Waals surface area contributed by atoms with Gasteiger partial charge in [0.25, 0.3) is 0 Å². The summed E-state index contributed by atoms with van der Waals surface area (Å²) in [6.45, 7) is 4.11. The molecule has 0 aliphatic carbocycles. The summed E-state index contributed by atoms with van der Waals surface area (Å²) in [6, 6.07) is 7.69. The van der Waals surface area contributed by atoms with Crippen LogP contribution in [0.1, 0.15) is 27.4 Å². The van der Waals surface area contributed by atoms with Crippen molar-refractivity contribution in [2.24, 2.45) is 0 Å². The number of carboxylic acid groups (broad SMARTS) is 1. The Morgan fingerprint density at radius 1 is 1.39 bits per heavy atom. The molecule has 0 atom stereocenters. The molecule has 0 saturated heterocycles. The summed E-state index contributed by atoms with van der Waals surface area (Å²) in [7, 11) is 0. The summed E-state index contributed by atoms with van der Waals surface area (Å²) >= 11 is 1.61. The summed E-state index contributed by atoms with van der Waals surface area (Å²) in [5.41, 5.74) is 2.38. The molecule has 1 aromatic carbocycles. The van der Waals surface area contributed by atoms with Crippen molar-refractivity contribution >= 4 is 17.7 Å². The van der Waals surface area contributed by atoms with E-state index in [1.807, 2.05) is 0 Å². The molecule has 0 radical (unpaired) electrons. The summed E-state index contributed by atoms with van der Waals surface area (Å²) in [6.07, 6.45) is 0. The van der Waals surface area contributed by atoms with Gasteiger partial charge in [-0.2, -0.15) is 0 Å². The molecule has 2 rings (SSSR count). The van der Waals surface area contributed by atoms with Gasteiger partial charge in [0.05, 0.1) is 5.75 Å². The number of carboxylic acids is 1. The second kappa shape index (κ2) is 5.27. The van der Waals surface area contributed by atoms with E-state index in [1.165, 1.54) is 17.2 Å². The summed E-state index contributed by atoms with van der Waals surface area (Å²) < 4.78 is 4.96. The third kappa shape index (κ3) is 2.92. The molecule has 0 saturated carbocycles. The Kier molecular flexibility index (Phi) is 3.72. The predicted octanol–water partition coefficient (Wildman–Crippen LogP) is 3.28. The van der Waals surface area contributed by atoms with Crippen LogP contribution >= 0.6 is 11.8 Å². The van der Waals surface area contributed by atoms with Crippen molar-refractivity contribution in [3.05, 3.63) is 46.8 Å². The van der Waals surface area contributed by atoms with E-state index in [2.05, 4.69) is 37.2 Å². The lowest BCUT2D eigenvalue weighted by Crippen LogP contribution is -1.94. The molecule has 0 amide bonds. The molecule has 4 nitrogen and oxygen atoms in total. The monoisotopic (exact) mass is 263 g/mol. The lowest BCUT2D eigenvalue weighted by atomic mass is 10.2. The molecule has 0 unspecified atom stereocenters. The quantitative estimate of drug-likeness (QED) is 0.857. The standard InChI is InChI=1S/C13H13NO3S/c1-8-3-4-12(9(2)5-8)18-7-10-6-11(13(15)16)14-17-10/h3-6H,7H2,1-2H3,(H,15,16). The van der Waals surface area contributed by atoms with Gasteiger partial charge >= 0.3 is 5.97 Å². The minimum absolute atomic E-state index is 0.0498. The summed E-state index contributed by atoms with van der Waals surface area (Å²) in [4.78, 5) is 11.8. The normalized spacial score (nSPS) is 10.6. The van der Waals surface area contributed by atoms with Gasteiger partial charge in [0.15, 0.2) is 5.69 Å². The van der Waals surface area contributed by atoms with Gasteiger partial charge in [0, 0.05) is 11.0 Å². The Morgan fingerprint density at radius 2 is 2.17 bits per heavy atom. The van der Waals surface area contributed by atoms with Crippen LogP contribution in [-0.2, 0) is 5.75 Å². The van der Waals surface area contributed by atoms with E-state index in [9.17, 15) is 4.79 Å². The maximum atomic E-state index is 10.7. The fraction of sp³-hybridized carbons (Fsp3) is 0.231. The van der Waals surface area contributed by atoms with E-state index in [0.29, 0.717) is 11.5 Å². The molecular weight excluding hydrogens is 250 g/mol. The van der Waals surface area contributed by atoms with Gasteiger partial charge in [-0.3, -0.25) is 0 Å². The second-order valence-electron chi connectivity index (χ2n) is 4.04. The molecule has 0 aliphatic rings. The fourth-order valence-corrected chi connectivity index (χ4v) is 2.48. The van der Waals surface area contributed by atoms with Crippen molar-refractivity contribution in [1.29, 1.82) is 0 Å². The van der Waals surface area contributed by atoms with Crippen LogP contribution in [0.4, 0.5) is 0 Å². The molecular formula is C13H13NO3S. The summed E-state index contributed by atoms with van der Waals surface area (Å²) in [5, 5.41) is 12.2. The Balaban J connectivity index is 2.04. The second-order valence-corrected chi connectivity index (χ2v) is 5.06. The SMILES string of the molecule is Cc1ccc(SCc2cc(C(=O)O)no2)c(C)c1. The van der Waals surface area contributed by atoms with Gasteiger partial charge in [0.1, 0.15) is 5.76 Å². The molecule has 0 aliphatic heterocycles. The average Bonchev–Trinajstić information content (AvgIpc) is 2.76. The van der Waals surface area contributed by atoms with Crippen molar-refractivity contribution in [2.45, 2.75) is 24.5 Å². The molecule has 1 aromatic heterocycles. The highest BCUT2D eigenvalue weighted by Crippen LogP contribution is 2.26. The molecule has 94 valence electrons. The van der Waals surface area contributed by atoms with Crippen LogP contribution in [0.25, 0.3) is 0 Å². The first-order chi connectivity index (χ1) is 8.56. The first-order valence-electron chi connectivity index (χ1n) is 5.45. The molecule has 0 fully saturated rings. The first kappa shape index (κ1) is 12.7. The van der Waals surface area contributed by atoms with E-state index in [0.717, 1.165) is 4.90 Å². The van der Waals surface area contributed by atoms with Crippen LogP contribution in [0.3, 0.4) is 0 Å². The van der Waals surface area contributed by atoms with Crippen molar-refractivity contribution < 1.29 is 14.4 Å². The van der Waals surface area contributed by atoms with E-state index in [1.54, 1.807) is 11.8 Å². The van der Waals surface area contributed by atoms with E-state index < -0.39 is 5.97 Å². The number of rotatable bonds is 4. The Bertz CT molecular complexity index is 577. The maximum absolute atomic E-state index is 10.7. The Morgan fingerprint density at radius 3 is 2.78 bits per heavy atom. The fourth-order valence-electron chi connectivity index (χ4n) is 1.59. The van der Waals surface area contributed by atoms with Crippen molar-refractivity contribution in [3.8, 4) is 0 Å². The minimum Gasteiger partial charge on any atom is -0.476 e. The summed E-state index contributed by atoms with van der Waals surface area (Å²) in [5.74, 6) is 0.0726. The van der Waals surface area contributed by atoms with Crippen molar-refractivity contribution in [3.63, 3.8) is 0 Å². The minimum atomic E-state index is -1.07. The topological polar surface area (TPSA) is 63.3 Å². The number of aryl methyl sites for hydroxylation is 2. The van der Waals surface area contributed by atoms with Crippen LogP contribution in [-0.4, -0.2) is 16.2 Å². The van der Waals surface area contributed by atoms with E-state index >= 15 is 0 Å². The number of carbonyl (C=O) groups is 1. The molecule has 0 spiro atoms. The maximum Gasteiger partial charge on any atom is 0.358 e. The predicted molar refractivity (Wildman–Crippen MR) is 68.9 cm³/mol. The smallest absolute Gasteiger partial charge is 0.358 e. The zero-order valence-corrected chi connectivity index (χ0v) is 11.0. The average molecular weight is 263 g/mol. The van der Waals surface area contributed by atoms with E-state index in [-0.39, 0.29) is 5.69 Å². The Labute approximate surface area is 109 Å². The highest BCUT2D eigenvalue weighted by molar-refractivity contribution is 7.98. The van der Waals surface area contributed by atoms with Gasteiger partial charge in [0.2, 0.25) is 0 Å². The third-order valence-corrected chi connectivity index (χ3v) is 3.68. The largest absolute Gasteiger partial charge is 0.476 e. The van der Waals surface area contributed by atoms with Gasteiger partial charge in [-0.25, -0.2) is 4.79 Å². The van der Waals surface area contributed by atoms with Gasteiger partial charge < -0.3 is 9.63 Å². The number of nitrogens with zero attached hydrogens (tertiary/aromatic N) is 1. The zero-order valence-electron chi connectivity index (χ0n) is 10.1. The Hall–Kier alpha value is -1.75. The molecule has 5 heteroatoms. The van der Waals surface area contributed by atoms with E-state index in [4.69, 9.17) is 9.63 Å². The first-order valence-corrected chi connectivity index (χ1v) is 6.44. The van der Waals surface area contributed by atoms with Gasteiger partial charge in [-0.15, -0.1) is 11.8 Å². The molecule has 18 heavy (non-hydrogen) atoms. The van der Waals surface area contributed by atoms with Crippen LogP contribution in [0, 0.1) is 13.8 Å². The number of thioether (sulfide) groups is 1. The van der Waals surface area contributed by atoms with Gasteiger partial charge in [-0.05, 0) is 25.5 Å². The van der Waals surface area contributed by atoms with Crippen LogP contribution in [0.2, 0.25) is 0 Å². The molecule has 2 aromatic rings. The number of hydrogen-bond acceptors (Lipinski definition) is 4. The van der Waals surface area contributed by atoms with Crippen LogP contribution < -0.4 is 0 Å². The van der Waals surface area contributed by atoms with Crippen LogP contribution in [0.15, 0.2) is 33.7 Å². The molecule has 1 heterocycles. The molecule has 0 bridgehead atoms. The highest BCUT2D eigenvalue weighted by Gasteiger charge is 2.11. The lowest BCUT2D eigenvalue weighted by molar-refractivity contribution is 0.0685. The number of benzene rings is 1. The third-order valence-electron chi connectivity index (χ3n) is 2.48. The highest BCUT2D eigenvalue weighted by atomic mass is 32.2. The zero-order chi connectivity index (χ0) is 13.1. The number of aromatic nitrogens is 1. The molecule has 1 N–H and O–H groups in total. The van der Waals surface area contributed by atoms with Crippen molar-refractivity contribution in [2.75, 3.05) is 0 Å². The van der Waals surface area contributed by atoms with Crippen LogP contribution in [0.5, 0.6) is 0 Å².